The van der Waals surface area contributed by atoms with E-state index in [1.165, 1.54) is 11.8 Å². The first kappa shape index (κ1) is 10.9. The van der Waals surface area contributed by atoms with Crippen molar-refractivity contribution in [2.45, 2.75) is 0 Å². The third kappa shape index (κ3) is 3.31. The molecule has 0 amide bonds. The van der Waals surface area contributed by atoms with E-state index in [1.807, 2.05) is 0 Å². The predicted octanol–water partition coefficient (Wildman–Crippen LogP) is 1.37. The molecule has 1 rings (SSSR count). The molecule has 0 saturated heterocycles. The first-order chi connectivity index (χ1) is 6.74. The average molecular weight is 227 g/mol. The summed E-state index contributed by atoms with van der Waals surface area (Å²) in [5.74, 6) is 0.259. The van der Waals surface area contributed by atoms with Crippen molar-refractivity contribution >= 4 is 34.2 Å². The van der Waals surface area contributed by atoms with E-state index in [4.69, 9.17) is 22.8 Å². The summed E-state index contributed by atoms with van der Waals surface area (Å²) in [6, 6.07) is 3.56. The number of nitrogens with zero attached hydrogens (tertiary/aromatic N) is 2. The summed E-state index contributed by atoms with van der Waals surface area (Å²) < 4.78 is 0.330. The zero-order valence-electron chi connectivity index (χ0n) is 7.51. The van der Waals surface area contributed by atoms with Gasteiger partial charge in [-0.15, -0.1) is 0 Å². The lowest BCUT2D eigenvalue weighted by Gasteiger charge is -1.99. The van der Waals surface area contributed by atoms with Crippen molar-refractivity contribution in [2.24, 2.45) is 10.9 Å². The number of hydrogen-bond acceptors (Lipinski definition) is 5. The molecule has 74 valence electrons. The van der Waals surface area contributed by atoms with Crippen LogP contribution in [0.1, 0.15) is 5.56 Å². The molecule has 0 radical (unpaired) electrons. The van der Waals surface area contributed by atoms with Gasteiger partial charge in [0.15, 0.2) is 5.84 Å². The molecular formula is C8H9N3OS2. The van der Waals surface area contributed by atoms with Gasteiger partial charge in [0.1, 0.15) is 0 Å². The maximum absolute atomic E-state index is 5.61. The van der Waals surface area contributed by atoms with Crippen molar-refractivity contribution in [2.75, 3.05) is 6.26 Å². The quantitative estimate of drug-likeness (QED) is 0.358. The van der Waals surface area contributed by atoms with Crippen molar-refractivity contribution in [1.29, 1.82) is 0 Å². The third-order valence-electron chi connectivity index (χ3n) is 1.34. The summed E-state index contributed by atoms with van der Waals surface area (Å²) in [6.07, 6.45) is 5.06. The molecule has 0 bridgehead atoms. The van der Waals surface area contributed by atoms with Crippen LogP contribution in [0.5, 0.6) is 0 Å². The number of pyridine rings is 1. The molecular weight excluding hydrogens is 218 g/mol. The van der Waals surface area contributed by atoms with Crippen LogP contribution in [-0.4, -0.2) is 21.5 Å². The molecule has 6 heteroatoms. The SMILES string of the molecule is CSC(=S)O/N=C(\N)c1cccnc1. The maximum atomic E-state index is 5.61. The maximum Gasteiger partial charge on any atom is 0.255 e. The van der Waals surface area contributed by atoms with Crippen LogP contribution < -0.4 is 5.73 Å². The van der Waals surface area contributed by atoms with Gasteiger partial charge in [0.05, 0.1) is 0 Å². The number of hydrogen-bond donors (Lipinski definition) is 1. The molecule has 0 aliphatic heterocycles. The molecule has 1 aromatic rings. The van der Waals surface area contributed by atoms with Crippen LogP contribution in [0.4, 0.5) is 0 Å². The minimum absolute atomic E-state index is 0.259. The highest BCUT2D eigenvalue weighted by molar-refractivity contribution is 8.22. The second-order valence-corrected chi connectivity index (χ2v) is 3.67. The van der Waals surface area contributed by atoms with E-state index in [0.29, 0.717) is 9.95 Å². The molecule has 0 aromatic carbocycles. The molecule has 0 aliphatic rings. The molecule has 0 fully saturated rings. The zero-order valence-corrected chi connectivity index (χ0v) is 9.14. The highest BCUT2D eigenvalue weighted by Crippen LogP contribution is 2.01. The first-order valence-corrected chi connectivity index (χ1v) is 5.36. The Morgan fingerprint density at radius 2 is 2.50 bits per heavy atom. The number of oxime groups is 1. The Kier molecular flexibility index (Phi) is 4.34. The summed E-state index contributed by atoms with van der Waals surface area (Å²) >= 11 is 6.08. The molecule has 14 heavy (non-hydrogen) atoms. The molecule has 0 atom stereocenters. The van der Waals surface area contributed by atoms with Gasteiger partial charge < -0.3 is 10.6 Å². The summed E-state index contributed by atoms with van der Waals surface area (Å²) in [4.78, 5) is 8.74. The number of thiocarbonyl (C=S) groups is 1. The van der Waals surface area contributed by atoms with Gasteiger partial charge in [-0.05, 0) is 30.6 Å². The normalized spacial score (nSPS) is 11.1. The van der Waals surface area contributed by atoms with E-state index >= 15 is 0 Å². The van der Waals surface area contributed by atoms with Gasteiger partial charge in [-0.2, -0.15) is 0 Å². The fourth-order valence-electron chi connectivity index (χ4n) is 0.691. The Morgan fingerprint density at radius 3 is 3.07 bits per heavy atom. The third-order valence-corrected chi connectivity index (χ3v) is 2.32. The Labute approximate surface area is 91.5 Å². The largest absolute Gasteiger partial charge is 0.380 e. The summed E-state index contributed by atoms with van der Waals surface area (Å²) in [6.45, 7) is 0. The summed E-state index contributed by atoms with van der Waals surface area (Å²) in [7, 11) is 0. The van der Waals surface area contributed by atoms with E-state index in [0.717, 1.165) is 0 Å². The molecule has 0 spiro atoms. The van der Waals surface area contributed by atoms with E-state index in [1.54, 1.807) is 30.8 Å². The van der Waals surface area contributed by atoms with E-state index in [9.17, 15) is 0 Å². The Hall–Kier alpha value is -1.14. The van der Waals surface area contributed by atoms with Crippen LogP contribution in [0, 0.1) is 0 Å². The van der Waals surface area contributed by atoms with Gasteiger partial charge in [0.2, 0.25) is 0 Å². The van der Waals surface area contributed by atoms with Gasteiger partial charge >= 0.3 is 0 Å². The van der Waals surface area contributed by atoms with Crippen LogP contribution in [0.3, 0.4) is 0 Å². The summed E-state index contributed by atoms with van der Waals surface area (Å²) in [5, 5.41) is 3.66. The molecule has 1 aromatic heterocycles. The van der Waals surface area contributed by atoms with Crippen molar-refractivity contribution in [3.8, 4) is 0 Å². The Bertz CT molecular complexity index is 340. The van der Waals surface area contributed by atoms with E-state index in [-0.39, 0.29) is 5.84 Å². The monoisotopic (exact) mass is 227 g/mol. The van der Waals surface area contributed by atoms with Gasteiger partial charge in [-0.1, -0.05) is 16.9 Å². The van der Waals surface area contributed by atoms with Crippen molar-refractivity contribution in [1.82, 2.24) is 4.98 Å². The molecule has 0 aliphatic carbocycles. The molecule has 2 N–H and O–H groups in total. The van der Waals surface area contributed by atoms with Crippen molar-refractivity contribution in [3.63, 3.8) is 0 Å². The van der Waals surface area contributed by atoms with Crippen molar-refractivity contribution in [3.05, 3.63) is 30.1 Å². The van der Waals surface area contributed by atoms with Gasteiger partial charge in [0, 0.05) is 18.0 Å². The van der Waals surface area contributed by atoms with Crippen LogP contribution in [-0.2, 0) is 4.84 Å². The molecule has 4 nitrogen and oxygen atoms in total. The second kappa shape index (κ2) is 5.56. The van der Waals surface area contributed by atoms with Crippen LogP contribution in [0.2, 0.25) is 0 Å². The Balaban J connectivity index is 2.66. The topological polar surface area (TPSA) is 60.5 Å². The number of rotatable bonds is 2. The lowest BCUT2D eigenvalue weighted by atomic mass is 10.3. The second-order valence-electron chi connectivity index (χ2n) is 2.26. The number of aromatic nitrogens is 1. The number of thioether (sulfide) groups is 1. The fourth-order valence-corrected chi connectivity index (χ4v) is 0.840. The van der Waals surface area contributed by atoms with Gasteiger partial charge in [-0.25, -0.2) is 0 Å². The van der Waals surface area contributed by atoms with Crippen LogP contribution in [0.15, 0.2) is 29.7 Å². The highest BCUT2D eigenvalue weighted by Gasteiger charge is 1.99. The first-order valence-electron chi connectivity index (χ1n) is 3.73. The number of nitrogens with two attached hydrogens (primary N) is 1. The molecule has 0 unspecified atom stereocenters. The average Bonchev–Trinajstić information content (AvgIpc) is 2.26. The van der Waals surface area contributed by atoms with Gasteiger partial charge in [-0.3, -0.25) is 4.98 Å². The minimum Gasteiger partial charge on any atom is -0.380 e. The molecule has 0 saturated carbocycles. The lowest BCUT2D eigenvalue weighted by molar-refractivity contribution is 0.347. The fraction of sp³-hybridized carbons (Fsp3) is 0.125. The lowest BCUT2D eigenvalue weighted by Crippen LogP contribution is -2.14. The van der Waals surface area contributed by atoms with E-state index in [2.05, 4.69) is 10.1 Å². The highest BCUT2D eigenvalue weighted by atomic mass is 32.2. The Morgan fingerprint density at radius 1 is 1.71 bits per heavy atom. The van der Waals surface area contributed by atoms with E-state index < -0.39 is 0 Å². The summed E-state index contributed by atoms with van der Waals surface area (Å²) in [5.41, 5.74) is 6.32. The minimum atomic E-state index is 0.259. The van der Waals surface area contributed by atoms with Crippen LogP contribution >= 0.6 is 24.0 Å². The standard InChI is InChI=1S/C8H9N3OS2/c1-14-8(13)12-11-7(9)6-3-2-4-10-5-6/h2-5H,1H3,(H2,9,11). The van der Waals surface area contributed by atoms with Crippen LogP contribution in [0.25, 0.3) is 0 Å². The van der Waals surface area contributed by atoms with Crippen molar-refractivity contribution < 1.29 is 4.84 Å². The molecule has 1 heterocycles. The smallest absolute Gasteiger partial charge is 0.255 e. The number of amidine groups is 1. The van der Waals surface area contributed by atoms with Gasteiger partial charge in [0.25, 0.3) is 4.38 Å². The zero-order chi connectivity index (χ0) is 10.4. The predicted molar refractivity (Wildman–Crippen MR) is 62.2 cm³/mol.